The monoisotopic (exact) mass is 406 g/mol. The molecule has 0 aromatic heterocycles. The molecule has 0 aliphatic carbocycles. The number of piperidine rings is 1. The van der Waals surface area contributed by atoms with Crippen LogP contribution in [0.1, 0.15) is 18.4 Å². The number of morpholine rings is 1. The molecule has 0 spiro atoms. The van der Waals surface area contributed by atoms with Crippen LogP contribution in [0.3, 0.4) is 0 Å². The molecule has 0 bridgehead atoms. The number of ether oxygens (including phenoxy) is 1. The Morgan fingerprint density at radius 2 is 1.72 bits per heavy atom. The van der Waals surface area contributed by atoms with E-state index in [9.17, 15) is 8.42 Å². The van der Waals surface area contributed by atoms with Gasteiger partial charge in [0.1, 0.15) is 0 Å². The first-order valence-corrected chi connectivity index (χ1v) is 11.0. The molecule has 1 aromatic rings. The molecule has 0 unspecified atom stereocenters. The van der Waals surface area contributed by atoms with E-state index < -0.39 is 10.0 Å². The van der Waals surface area contributed by atoms with Crippen LogP contribution in [-0.2, 0) is 20.5 Å². The number of halogens is 2. The molecule has 25 heavy (non-hydrogen) atoms. The lowest BCUT2D eigenvalue weighted by atomic mass is 9.97. The fourth-order valence-electron chi connectivity index (χ4n) is 3.45. The zero-order valence-electron chi connectivity index (χ0n) is 14.2. The highest BCUT2D eigenvalue weighted by atomic mass is 35.5. The molecule has 2 saturated heterocycles. The molecule has 2 aliphatic rings. The van der Waals surface area contributed by atoms with Crippen molar-refractivity contribution in [1.82, 2.24) is 9.21 Å². The Bertz CT molecular complexity index is 685. The van der Waals surface area contributed by atoms with Crippen molar-refractivity contribution in [2.45, 2.75) is 18.6 Å². The number of rotatable bonds is 5. The molecule has 2 fully saturated rings. The first kappa shape index (κ1) is 19.4. The zero-order valence-corrected chi connectivity index (χ0v) is 16.5. The Morgan fingerprint density at radius 1 is 1.04 bits per heavy atom. The minimum Gasteiger partial charge on any atom is -0.379 e. The van der Waals surface area contributed by atoms with Crippen molar-refractivity contribution in [2.75, 3.05) is 45.9 Å². The highest BCUT2D eigenvalue weighted by Gasteiger charge is 2.29. The fraction of sp³-hybridized carbons (Fsp3) is 0.647. The average Bonchev–Trinajstić information content (AvgIpc) is 2.59. The third-order valence-corrected chi connectivity index (χ3v) is 7.51. The molecule has 3 rings (SSSR count). The SMILES string of the molecule is O=S(=O)(Cc1ccc(Cl)c(Cl)c1)N1CCC(CN2CCOCC2)CC1. The van der Waals surface area contributed by atoms with Crippen molar-refractivity contribution < 1.29 is 13.2 Å². The molecule has 140 valence electrons. The van der Waals surface area contributed by atoms with Gasteiger partial charge in [-0.15, -0.1) is 0 Å². The number of hydrogen-bond acceptors (Lipinski definition) is 4. The van der Waals surface area contributed by atoms with Gasteiger partial charge in [-0.25, -0.2) is 12.7 Å². The second-order valence-electron chi connectivity index (χ2n) is 6.76. The van der Waals surface area contributed by atoms with Gasteiger partial charge in [0.2, 0.25) is 10.0 Å². The van der Waals surface area contributed by atoms with Gasteiger partial charge in [0.15, 0.2) is 0 Å². The average molecular weight is 407 g/mol. The molecule has 1 aromatic carbocycles. The number of sulfonamides is 1. The Morgan fingerprint density at radius 3 is 2.36 bits per heavy atom. The van der Waals surface area contributed by atoms with Crippen LogP contribution in [0, 0.1) is 5.92 Å². The van der Waals surface area contributed by atoms with Gasteiger partial charge >= 0.3 is 0 Å². The summed E-state index contributed by atoms with van der Waals surface area (Å²) in [5, 5.41) is 0.824. The molecule has 0 N–H and O–H groups in total. The number of nitrogens with zero attached hydrogens (tertiary/aromatic N) is 2. The summed E-state index contributed by atoms with van der Waals surface area (Å²) in [6, 6.07) is 4.99. The third kappa shape index (κ3) is 5.31. The third-order valence-electron chi connectivity index (χ3n) is 4.92. The lowest BCUT2D eigenvalue weighted by Crippen LogP contribution is -2.44. The minimum atomic E-state index is -3.32. The molecule has 2 heterocycles. The molecule has 0 saturated carbocycles. The molecule has 2 aliphatic heterocycles. The predicted molar refractivity (Wildman–Crippen MR) is 101 cm³/mol. The summed E-state index contributed by atoms with van der Waals surface area (Å²) in [7, 11) is -3.32. The standard InChI is InChI=1S/C17H24Cl2N2O3S/c18-16-2-1-15(11-17(16)19)13-25(22,23)21-5-3-14(4-6-21)12-20-7-9-24-10-8-20/h1-2,11,14H,3-10,12-13H2. The molecule has 0 amide bonds. The van der Waals surface area contributed by atoms with E-state index in [2.05, 4.69) is 4.90 Å². The van der Waals surface area contributed by atoms with Crippen LogP contribution in [-0.4, -0.2) is 63.6 Å². The summed E-state index contributed by atoms with van der Waals surface area (Å²) in [6.07, 6.45) is 1.83. The number of benzene rings is 1. The van der Waals surface area contributed by atoms with E-state index in [4.69, 9.17) is 27.9 Å². The van der Waals surface area contributed by atoms with Gasteiger partial charge < -0.3 is 4.74 Å². The number of hydrogen-bond donors (Lipinski definition) is 0. The van der Waals surface area contributed by atoms with Crippen LogP contribution in [0.5, 0.6) is 0 Å². The van der Waals surface area contributed by atoms with Crippen LogP contribution < -0.4 is 0 Å². The van der Waals surface area contributed by atoms with E-state index in [-0.39, 0.29) is 5.75 Å². The molecule has 0 radical (unpaired) electrons. The molecular formula is C17H24Cl2N2O3S. The largest absolute Gasteiger partial charge is 0.379 e. The lowest BCUT2D eigenvalue weighted by Gasteiger charge is -2.35. The highest BCUT2D eigenvalue weighted by Crippen LogP contribution is 2.26. The van der Waals surface area contributed by atoms with Gasteiger partial charge in [0.25, 0.3) is 0 Å². The van der Waals surface area contributed by atoms with Gasteiger partial charge in [-0.3, -0.25) is 4.90 Å². The van der Waals surface area contributed by atoms with Crippen molar-refractivity contribution in [2.24, 2.45) is 5.92 Å². The van der Waals surface area contributed by atoms with Crippen LogP contribution >= 0.6 is 23.2 Å². The normalized spacial score (nSPS) is 21.5. The van der Waals surface area contributed by atoms with E-state index in [1.165, 1.54) is 0 Å². The Labute approximate surface area is 159 Å². The molecule has 5 nitrogen and oxygen atoms in total. The quantitative estimate of drug-likeness (QED) is 0.753. The lowest BCUT2D eigenvalue weighted by molar-refractivity contribution is 0.0269. The molecule has 8 heteroatoms. The second kappa shape index (κ2) is 8.55. The summed E-state index contributed by atoms with van der Waals surface area (Å²) < 4.78 is 32.3. The van der Waals surface area contributed by atoms with Gasteiger partial charge in [-0.1, -0.05) is 29.3 Å². The van der Waals surface area contributed by atoms with Gasteiger partial charge in [-0.05, 0) is 36.5 Å². The summed E-state index contributed by atoms with van der Waals surface area (Å²) in [5.41, 5.74) is 0.671. The van der Waals surface area contributed by atoms with Gasteiger partial charge in [-0.2, -0.15) is 0 Å². The summed E-state index contributed by atoms with van der Waals surface area (Å²) >= 11 is 11.9. The second-order valence-corrected chi connectivity index (χ2v) is 9.54. The molecular weight excluding hydrogens is 383 g/mol. The fourth-order valence-corrected chi connectivity index (χ4v) is 5.32. The van der Waals surface area contributed by atoms with E-state index in [1.54, 1.807) is 22.5 Å². The van der Waals surface area contributed by atoms with Crippen molar-refractivity contribution in [3.8, 4) is 0 Å². The van der Waals surface area contributed by atoms with Gasteiger partial charge in [0.05, 0.1) is 29.0 Å². The van der Waals surface area contributed by atoms with Crippen LogP contribution in [0.25, 0.3) is 0 Å². The van der Waals surface area contributed by atoms with Crippen LogP contribution in [0.15, 0.2) is 18.2 Å². The molecule has 0 atom stereocenters. The van der Waals surface area contributed by atoms with Crippen molar-refractivity contribution in [1.29, 1.82) is 0 Å². The topological polar surface area (TPSA) is 49.9 Å². The Kier molecular flexibility index (Phi) is 6.63. The minimum absolute atomic E-state index is 0.0297. The van der Waals surface area contributed by atoms with Crippen LogP contribution in [0.4, 0.5) is 0 Å². The first-order chi connectivity index (χ1) is 11.9. The maximum absolute atomic E-state index is 12.7. The van der Waals surface area contributed by atoms with E-state index >= 15 is 0 Å². The Balaban J connectivity index is 1.53. The highest BCUT2D eigenvalue weighted by molar-refractivity contribution is 7.88. The smallest absolute Gasteiger partial charge is 0.218 e. The van der Waals surface area contributed by atoms with Crippen molar-refractivity contribution in [3.05, 3.63) is 33.8 Å². The summed E-state index contributed by atoms with van der Waals surface area (Å²) in [6.45, 7) is 5.81. The first-order valence-electron chi connectivity index (χ1n) is 8.66. The Hall–Kier alpha value is -0.370. The van der Waals surface area contributed by atoms with Crippen molar-refractivity contribution >= 4 is 33.2 Å². The van der Waals surface area contributed by atoms with Crippen molar-refractivity contribution in [3.63, 3.8) is 0 Å². The van der Waals surface area contributed by atoms with E-state index in [0.717, 1.165) is 45.7 Å². The van der Waals surface area contributed by atoms with Gasteiger partial charge in [0, 0.05) is 32.7 Å². The van der Waals surface area contributed by atoms with Crippen LogP contribution in [0.2, 0.25) is 10.0 Å². The predicted octanol–water partition coefficient (Wildman–Crippen LogP) is 2.87. The zero-order chi connectivity index (χ0) is 17.9. The maximum Gasteiger partial charge on any atom is 0.218 e. The summed E-state index contributed by atoms with van der Waals surface area (Å²) in [4.78, 5) is 2.42. The van der Waals surface area contributed by atoms with E-state index in [1.807, 2.05) is 0 Å². The summed E-state index contributed by atoms with van der Waals surface area (Å²) in [5.74, 6) is 0.535. The maximum atomic E-state index is 12.7. The van der Waals surface area contributed by atoms with E-state index in [0.29, 0.717) is 34.6 Å².